The van der Waals surface area contributed by atoms with E-state index in [2.05, 4.69) is 45.9 Å². The normalized spacial score (nSPS) is 20.3. The molecule has 8 heterocycles. The second-order valence-corrected chi connectivity index (χ2v) is 24.2. The van der Waals surface area contributed by atoms with Crippen LogP contribution in [0.15, 0.2) is 72.8 Å². The number of aliphatic hydroxyl groups excluding tert-OH is 1. The molecule has 4 saturated heterocycles. The third-order valence-electron chi connectivity index (χ3n) is 16.7. The minimum atomic E-state index is -0.902. The van der Waals surface area contributed by atoms with Crippen molar-refractivity contribution in [3.8, 4) is 21.7 Å². The van der Waals surface area contributed by atoms with Crippen LogP contribution in [0.4, 0.5) is 15.9 Å². The van der Waals surface area contributed by atoms with E-state index in [4.69, 9.17) is 4.98 Å². The molecule has 22 heteroatoms. The van der Waals surface area contributed by atoms with Gasteiger partial charge < -0.3 is 40.7 Å². The average Bonchev–Trinajstić information content (AvgIpc) is 3.79. The Hall–Kier alpha value is -7.14. The van der Waals surface area contributed by atoms with Crippen molar-refractivity contribution in [2.24, 2.45) is 11.3 Å². The number of carbonyl (C=O) groups is 5. The average molecular weight is 1110 g/mol. The van der Waals surface area contributed by atoms with E-state index in [9.17, 15) is 29.1 Å². The molecule has 1 saturated carbocycles. The fourth-order valence-corrected chi connectivity index (χ4v) is 12.6. The van der Waals surface area contributed by atoms with Crippen molar-refractivity contribution in [3.63, 3.8) is 0 Å². The number of aryl methyl sites for hydroxylation is 1. The van der Waals surface area contributed by atoms with E-state index >= 15 is 4.39 Å². The van der Waals surface area contributed by atoms with Crippen LogP contribution >= 0.6 is 11.3 Å². The van der Waals surface area contributed by atoms with E-state index in [0.29, 0.717) is 69.5 Å². The Labute approximate surface area is 468 Å². The third-order valence-corrected chi connectivity index (χ3v) is 17.7. The van der Waals surface area contributed by atoms with Gasteiger partial charge in [0.05, 0.1) is 58.2 Å². The van der Waals surface area contributed by atoms with E-state index in [1.165, 1.54) is 11.0 Å². The van der Waals surface area contributed by atoms with Crippen LogP contribution in [0.25, 0.3) is 27.3 Å². The summed E-state index contributed by atoms with van der Waals surface area (Å²) in [4.78, 5) is 93.6. The lowest BCUT2D eigenvalue weighted by Crippen LogP contribution is -2.59. The lowest BCUT2D eigenvalue weighted by molar-refractivity contribution is -0.144. The molecule has 422 valence electrons. The van der Waals surface area contributed by atoms with Crippen molar-refractivity contribution < 1.29 is 33.5 Å². The van der Waals surface area contributed by atoms with E-state index in [1.807, 2.05) is 73.0 Å². The molecule has 2 aromatic carbocycles. The van der Waals surface area contributed by atoms with Crippen molar-refractivity contribution in [2.45, 2.75) is 109 Å². The van der Waals surface area contributed by atoms with Crippen molar-refractivity contribution >= 4 is 58.0 Å². The van der Waals surface area contributed by atoms with Crippen LogP contribution in [0.2, 0.25) is 0 Å². The summed E-state index contributed by atoms with van der Waals surface area (Å²) in [6.45, 7) is 12.8. The van der Waals surface area contributed by atoms with Crippen LogP contribution in [0.3, 0.4) is 0 Å². The molecule has 0 unspecified atom stereocenters. The highest BCUT2D eigenvalue weighted by Crippen LogP contribution is 2.41. The summed E-state index contributed by atoms with van der Waals surface area (Å²) in [6, 6.07) is 10.9. The molecule has 4 aromatic heterocycles. The van der Waals surface area contributed by atoms with Crippen LogP contribution in [0.5, 0.6) is 0 Å². The number of fused-ring (bicyclic) bond motifs is 1. The highest BCUT2D eigenvalue weighted by molar-refractivity contribution is 7.13. The number of thiazole rings is 1. The number of carbonyl (C=O) groups excluding carboxylic acids is 5. The molecule has 5 aliphatic rings. The highest BCUT2D eigenvalue weighted by Gasteiger charge is 2.45. The van der Waals surface area contributed by atoms with Gasteiger partial charge in [-0.15, -0.1) is 11.3 Å². The second kappa shape index (κ2) is 23.1. The third kappa shape index (κ3) is 12.0. The van der Waals surface area contributed by atoms with Crippen molar-refractivity contribution in [1.29, 1.82) is 0 Å². The Morgan fingerprint density at radius 3 is 2.27 bits per heavy atom. The van der Waals surface area contributed by atoms with E-state index in [1.54, 1.807) is 47.0 Å². The lowest BCUT2D eigenvalue weighted by Gasteiger charge is -2.42. The molecule has 5 amide bonds. The molecule has 3 atom stereocenters. The van der Waals surface area contributed by atoms with Crippen LogP contribution in [-0.4, -0.2) is 178 Å². The Kier molecular flexibility index (Phi) is 15.9. The molecular weight excluding hydrogens is 1040 g/mol. The molecule has 5 N–H and O–H groups in total. The largest absolute Gasteiger partial charge is 0.391 e. The summed E-state index contributed by atoms with van der Waals surface area (Å²) >= 11 is 1.58. The first-order valence-corrected chi connectivity index (χ1v) is 29.0. The maximum atomic E-state index is 15.8. The number of hydrogen-bond acceptors (Lipinski definition) is 14. The maximum absolute atomic E-state index is 15.8. The van der Waals surface area contributed by atoms with Crippen LogP contribution in [-0.2, 0) is 25.7 Å². The number of rotatable bonds is 15. The molecule has 6 aromatic rings. The van der Waals surface area contributed by atoms with E-state index < -0.39 is 29.4 Å². The summed E-state index contributed by atoms with van der Waals surface area (Å²) < 4.78 is 17.7. The smallest absolute Gasteiger partial charge is 0.254 e. The van der Waals surface area contributed by atoms with Gasteiger partial charge in [-0.25, -0.2) is 19.3 Å². The van der Waals surface area contributed by atoms with Crippen molar-refractivity contribution in [1.82, 2.24) is 64.7 Å². The summed E-state index contributed by atoms with van der Waals surface area (Å²) in [5.74, 6) is -1.20. The second-order valence-electron chi connectivity index (χ2n) is 23.3. The fourth-order valence-electron chi connectivity index (χ4n) is 11.8. The molecule has 11 rings (SSSR count). The van der Waals surface area contributed by atoms with Gasteiger partial charge in [-0.3, -0.25) is 38.4 Å². The fraction of sp³-hybridized carbons (Fsp3) is 0.500. The number of aromatic amines is 1. The number of imidazole rings is 1. The molecule has 4 aliphatic heterocycles. The number of aromatic nitrogens is 6. The predicted molar refractivity (Wildman–Crippen MR) is 300 cm³/mol. The molecule has 0 bridgehead atoms. The zero-order valence-corrected chi connectivity index (χ0v) is 46.7. The van der Waals surface area contributed by atoms with E-state index in [0.717, 1.165) is 77.4 Å². The summed E-state index contributed by atoms with van der Waals surface area (Å²) in [5.41, 5.74) is 7.66. The van der Waals surface area contributed by atoms with Gasteiger partial charge in [0.2, 0.25) is 23.6 Å². The SMILES string of the molecule is Cc1ncsc1-c1ccc(CNC(=O)[C@@H]2C[C@@H](O)CN2C(=O)[C@@H](NC(=O)C2CCN(C3CCN(C(=O)CN4CCN(C(=O)c5ccc(Nc6nc(C7CC7)cn7c(-c8cn[nH]c8)cnc67)c(F)c5)CC4)CC3)CC2)C(C)(C)C)cc1. The molecular formula is C58H71FN14O6S. The summed E-state index contributed by atoms with van der Waals surface area (Å²) in [7, 11) is 0. The highest BCUT2D eigenvalue weighted by atomic mass is 32.1. The first-order valence-electron chi connectivity index (χ1n) is 28.1. The number of likely N-dealkylation sites (tertiary alicyclic amines) is 3. The number of anilines is 2. The number of H-pyrrole nitrogens is 1. The van der Waals surface area contributed by atoms with Gasteiger partial charge in [-0.2, -0.15) is 5.10 Å². The Bertz CT molecular complexity index is 3220. The zero-order valence-electron chi connectivity index (χ0n) is 45.9. The van der Waals surface area contributed by atoms with Gasteiger partial charge in [0.15, 0.2) is 11.5 Å². The van der Waals surface area contributed by atoms with Gasteiger partial charge in [0.1, 0.15) is 17.9 Å². The molecule has 0 spiro atoms. The maximum Gasteiger partial charge on any atom is 0.254 e. The number of hydrogen-bond donors (Lipinski definition) is 5. The quantitative estimate of drug-likeness (QED) is 0.0847. The number of amides is 5. The summed E-state index contributed by atoms with van der Waals surface area (Å²) in [5, 5.41) is 26.9. The summed E-state index contributed by atoms with van der Waals surface area (Å²) in [6.07, 6.45) is 11.5. The number of aliphatic hydroxyl groups is 1. The van der Waals surface area contributed by atoms with Gasteiger partial charge in [0.25, 0.3) is 5.91 Å². The minimum Gasteiger partial charge on any atom is -0.391 e. The monoisotopic (exact) mass is 1110 g/mol. The standard InChI is InChI=1S/C58H71FN14O6S/c1-35-50(80-34-62-35)38-7-5-36(6-8-38)27-61-55(77)47-26-43(74)31-73(47)57(79)51(58(2,3)4)67-54(76)39-13-17-69(18-14-39)42-15-19-70(20-16-42)49(75)33-68-21-23-71(24-22-68)56(78)40-11-12-45(44(59)25-40)65-52-53-60-30-48(41-28-63-64-29-41)72(53)32-46(66-52)37-9-10-37/h5-8,11-12,25,28-30,32,34,37,39,42-43,47,51,74H,9-10,13-24,26-27,31,33H2,1-4H3,(H,61,77)(H,63,64)(H,65,66)(H,67,76)/t43-,47+,51-/m1/s1. The molecule has 1 aliphatic carbocycles. The minimum absolute atomic E-state index is 0.00695. The van der Waals surface area contributed by atoms with E-state index in [-0.39, 0.29) is 78.8 Å². The molecule has 20 nitrogen and oxygen atoms in total. The molecule has 5 fully saturated rings. The number of halogens is 1. The molecule has 80 heavy (non-hydrogen) atoms. The van der Waals surface area contributed by atoms with Crippen LogP contribution in [0.1, 0.15) is 98.9 Å². The van der Waals surface area contributed by atoms with Gasteiger partial charge in [0, 0.05) is 100 Å². The lowest BCUT2D eigenvalue weighted by atomic mass is 9.84. The first-order chi connectivity index (χ1) is 38.5. The number of piperidine rings is 2. The molecule has 0 radical (unpaired) electrons. The number of benzene rings is 2. The van der Waals surface area contributed by atoms with Gasteiger partial charge in [-0.05, 0) is 93.3 Å². The van der Waals surface area contributed by atoms with Gasteiger partial charge >= 0.3 is 0 Å². The Morgan fingerprint density at radius 2 is 1.61 bits per heavy atom. The first kappa shape index (κ1) is 54.8. The zero-order chi connectivity index (χ0) is 55.8. The number of β-amino-alcohol motifs (C(OH)–C–C–N with tert-alkyl or cyclic N) is 1. The van der Waals surface area contributed by atoms with Crippen molar-refractivity contribution in [2.75, 3.05) is 70.8 Å². The Morgan fingerprint density at radius 1 is 0.863 bits per heavy atom. The topological polar surface area (TPSA) is 230 Å². The van der Waals surface area contributed by atoms with Crippen LogP contribution in [0, 0.1) is 24.1 Å². The van der Waals surface area contributed by atoms with Gasteiger partial charge in [-0.1, -0.05) is 45.0 Å². The van der Waals surface area contributed by atoms with Crippen LogP contribution < -0.4 is 16.0 Å². The van der Waals surface area contributed by atoms with Crippen molar-refractivity contribution in [3.05, 3.63) is 101 Å². The predicted octanol–water partition coefficient (Wildman–Crippen LogP) is 5.58. The number of nitrogens with zero attached hydrogens (tertiary/aromatic N) is 10. The Balaban J connectivity index is 0.608. The number of piperazine rings is 1. The number of nitrogens with one attached hydrogen (secondary N) is 4.